The molecule has 0 atom stereocenters. The Morgan fingerprint density at radius 2 is 2.10 bits per heavy atom. The zero-order valence-electron chi connectivity index (χ0n) is 12.7. The molecule has 0 aromatic heterocycles. The molecule has 112 valence electrons. The standard InChI is InChI=1S/C15H24ClN3O/c1-5-19(10-15(20)17-4)14-8-13(16)7-6-12(14)9-18-11(2)3/h6-8,11,18H,5,9-10H2,1-4H3,(H,17,20). The van der Waals surface area contributed by atoms with Gasteiger partial charge in [-0.15, -0.1) is 0 Å². The molecule has 0 radical (unpaired) electrons. The number of hydrogen-bond donors (Lipinski definition) is 2. The average molecular weight is 298 g/mol. The van der Waals surface area contributed by atoms with Gasteiger partial charge in [-0.05, 0) is 24.6 Å². The molecule has 1 aromatic rings. The van der Waals surface area contributed by atoms with Crippen molar-refractivity contribution in [2.24, 2.45) is 0 Å². The van der Waals surface area contributed by atoms with Gasteiger partial charge in [0.05, 0.1) is 6.54 Å². The van der Waals surface area contributed by atoms with E-state index in [0.29, 0.717) is 17.6 Å². The predicted molar refractivity (Wildman–Crippen MR) is 85.4 cm³/mol. The minimum Gasteiger partial charge on any atom is -0.362 e. The lowest BCUT2D eigenvalue weighted by molar-refractivity contribution is -0.119. The topological polar surface area (TPSA) is 44.4 Å². The predicted octanol–water partition coefficient (Wildman–Crippen LogP) is 2.41. The number of rotatable bonds is 7. The lowest BCUT2D eigenvalue weighted by atomic mass is 10.1. The minimum atomic E-state index is -0.00501. The molecule has 4 nitrogen and oxygen atoms in total. The lowest BCUT2D eigenvalue weighted by Gasteiger charge is -2.25. The van der Waals surface area contributed by atoms with Gasteiger partial charge in [0.15, 0.2) is 0 Å². The van der Waals surface area contributed by atoms with Crippen LogP contribution in [0.1, 0.15) is 26.3 Å². The first-order chi connectivity index (χ1) is 9.47. The van der Waals surface area contributed by atoms with Crippen molar-refractivity contribution in [3.8, 4) is 0 Å². The first-order valence-electron chi connectivity index (χ1n) is 6.95. The van der Waals surface area contributed by atoms with Crippen LogP contribution in [-0.4, -0.2) is 32.1 Å². The highest BCUT2D eigenvalue weighted by molar-refractivity contribution is 6.30. The highest BCUT2D eigenvalue weighted by Crippen LogP contribution is 2.25. The molecule has 0 heterocycles. The molecule has 0 aliphatic carbocycles. The summed E-state index contributed by atoms with van der Waals surface area (Å²) in [6.07, 6.45) is 0. The van der Waals surface area contributed by atoms with Crippen LogP contribution in [0.2, 0.25) is 5.02 Å². The molecule has 1 aromatic carbocycles. The molecular formula is C15H24ClN3O. The third kappa shape index (κ3) is 5.02. The van der Waals surface area contributed by atoms with Crippen LogP contribution in [0.15, 0.2) is 18.2 Å². The van der Waals surface area contributed by atoms with Crippen LogP contribution < -0.4 is 15.5 Å². The minimum absolute atomic E-state index is 0.00501. The van der Waals surface area contributed by atoms with Crippen molar-refractivity contribution in [2.45, 2.75) is 33.4 Å². The molecule has 1 rings (SSSR count). The Labute approximate surface area is 126 Å². The summed E-state index contributed by atoms with van der Waals surface area (Å²) in [5.41, 5.74) is 2.16. The van der Waals surface area contributed by atoms with Crippen LogP contribution in [-0.2, 0) is 11.3 Å². The molecule has 0 fully saturated rings. The maximum atomic E-state index is 11.6. The number of likely N-dealkylation sites (N-methyl/N-ethyl adjacent to an activating group) is 2. The fourth-order valence-corrected chi connectivity index (χ4v) is 2.08. The van der Waals surface area contributed by atoms with Crippen LogP contribution in [0.5, 0.6) is 0 Å². The van der Waals surface area contributed by atoms with E-state index >= 15 is 0 Å². The number of carbonyl (C=O) groups is 1. The maximum Gasteiger partial charge on any atom is 0.239 e. The SMILES string of the molecule is CCN(CC(=O)NC)c1cc(Cl)ccc1CNC(C)C. The van der Waals surface area contributed by atoms with Crippen molar-refractivity contribution in [2.75, 3.05) is 25.0 Å². The summed E-state index contributed by atoms with van der Waals surface area (Å²) in [6.45, 7) is 8.10. The van der Waals surface area contributed by atoms with Gasteiger partial charge in [0.1, 0.15) is 0 Å². The van der Waals surface area contributed by atoms with Gasteiger partial charge in [0.25, 0.3) is 0 Å². The molecule has 0 bridgehead atoms. The second-order valence-electron chi connectivity index (χ2n) is 5.00. The van der Waals surface area contributed by atoms with E-state index in [-0.39, 0.29) is 5.91 Å². The first-order valence-corrected chi connectivity index (χ1v) is 7.33. The van der Waals surface area contributed by atoms with Crippen LogP contribution in [0.3, 0.4) is 0 Å². The number of halogens is 1. The Bertz CT molecular complexity index is 449. The highest BCUT2D eigenvalue weighted by Gasteiger charge is 2.13. The van der Waals surface area contributed by atoms with Crippen LogP contribution >= 0.6 is 11.6 Å². The largest absolute Gasteiger partial charge is 0.362 e. The number of anilines is 1. The highest BCUT2D eigenvalue weighted by atomic mass is 35.5. The zero-order chi connectivity index (χ0) is 15.1. The quantitative estimate of drug-likeness (QED) is 0.812. The van der Waals surface area contributed by atoms with Crippen molar-refractivity contribution in [3.63, 3.8) is 0 Å². The summed E-state index contributed by atoms with van der Waals surface area (Å²) in [4.78, 5) is 13.6. The Morgan fingerprint density at radius 1 is 1.40 bits per heavy atom. The molecule has 0 spiro atoms. The molecule has 0 saturated carbocycles. The van der Waals surface area contributed by atoms with Crippen LogP contribution in [0.25, 0.3) is 0 Å². The number of hydrogen-bond acceptors (Lipinski definition) is 3. The van der Waals surface area contributed by atoms with E-state index in [1.807, 2.05) is 30.0 Å². The lowest BCUT2D eigenvalue weighted by Crippen LogP contribution is -2.36. The number of nitrogens with zero attached hydrogens (tertiary/aromatic N) is 1. The third-order valence-electron chi connectivity index (χ3n) is 3.08. The Kier molecular flexibility index (Phi) is 6.82. The fraction of sp³-hybridized carbons (Fsp3) is 0.533. The second kappa shape index (κ2) is 8.12. The molecule has 0 aliphatic heterocycles. The fourth-order valence-electron chi connectivity index (χ4n) is 1.91. The number of nitrogens with one attached hydrogen (secondary N) is 2. The van der Waals surface area contributed by atoms with E-state index < -0.39 is 0 Å². The van der Waals surface area contributed by atoms with Gasteiger partial charge in [-0.25, -0.2) is 0 Å². The zero-order valence-corrected chi connectivity index (χ0v) is 13.4. The van der Waals surface area contributed by atoms with Gasteiger partial charge in [-0.3, -0.25) is 4.79 Å². The molecule has 0 aliphatic rings. The number of carbonyl (C=O) groups excluding carboxylic acids is 1. The number of amides is 1. The normalized spacial score (nSPS) is 10.7. The van der Waals surface area contributed by atoms with Crippen molar-refractivity contribution >= 4 is 23.2 Å². The summed E-state index contributed by atoms with van der Waals surface area (Å²) >= 11 is 6.10. The van der Waals surface area contributed by atoms with Crippen LogP contribution in [0.4, 0.5) is 5.69 Å². The Hall–Kier alpha value is -1.26. The van der Waals surface area contributed by atoms with Gasteiger partial charge in [-0.2, -0.15) is 0 Å². The van der Waals surface area contributed by atoms with Gasteiger partial charge in [-0.1, -0.05) is 31.5 Å². The Morgan fingerprint density at radius 3 is 2.65 bits per heavy atom. The summed E-state index contributed by atoms with van der Waals surface area (Å²) in [5, 5.41) is 6.74. The van der Waals surface area contributed by atoms with Crippen molar-refractivity contribution in [3.05, 3.63) is 28.8 Å². The van der Waals surface area contributed by atoms with E-state index in [4.69, 9.17) is 11.6 Å². The average Bonchev–Trinajstić information content (AvgIpc) is 2.42. The van der Waals surface area contributed by atoms with Crippen LogP contribution in [0, 0.1) is 0 Å². The molecule has 2 N–H and O–H groups in total. The van der Waals surface area contributed by atoms with E-state index in [0.717, 1.165) is 24.3 Å². The molecular weight excluding hydrogens is 274 g/mol. The summed E-state index contributed by atoms with van der Waals surface area (Å²) in [5.74, 6) is -0.00501. The van der Waals surface area contributed by atoms with Crippen molar-refractivity contribution in [1.29, 1.82) is 0 Å². The molecule has 1 amide bonds. The summed E-state index contributed by atoms with van der Waals surface area (Å²) in [6, 6.07) is 6.23. The van der Waals surface area contributed by atoms with Crippen molar-refractivity contribution in [1.82, 2.24) is 10.6 Å². The van der Waals surface area contributed by atoms with E-state index in [1.54, 1.807) is 7.05 Å². The maximum absolute atomic E-state index is 11.6. The van der Waals surface area contributed by atoms with E-state index in [9.17, 15) is 4.79 Å². The third-order valence-corrected chi connectivity index (χ3v) is 3.32. The first kappa shape index (κ1) is 16.8. The van der Waals surface area contributed by atoms with Gasteiger partial charge >= 0.3 is 0 Å². The molecule has 0 saturated heterocycles. The van der Waals surface area contributed by atoms with Gasteiger partial charge < -0.3 is 15.5 Å². The molecule has 20 heavy (non-hydrogen) atoms. The summed E-state index contributed by atoms with van der Waals surface area (Å²) < 4.78 is 0. The number of benzene rings is 1. The van der Waals surface area contributed by atoms with Gasteiger partial charge in [0, 0.05) is 36.9 Å². The Balaban J connectivity index is 2.98. The van der Waals surface area contributed by atoms with E-state index in [1.165, 1.54) is 0 Å². The monoisotopic (exact) mass is 297 g/mol. The molecule has 0 unspecified atom stereocenters. The van der Waals surface area contributed by atoms with E-state index in [2.05, 4.69) is 24.5 Å². The summed E-state index contributed by atoms with van der Waals surface area (Å²) in [7, 11) is 1.65. The smallest absolute Gasteiger partial charge is 0.239 e. The van der Waals surface area contributed by atoms with Crippen molar-refractivity contribution < 1.29 is 4.79 Å². The van der Waals surface area contributed by atoms with Gasteiger partial charge in [0.2, 0.25) is 5.91 Å². The second-order valence-corrected chi connectivity index (χ2v) is 5.43. The molecule has 5 heteroatoms.